The van der Waals surface area contributed by atoms with Gasteiger partial charge in [-0.2, -0.15) is 0 Å². The topological polar surface area (TPSA) is 85.9 Å². The molecule has 0 radical (unpaired) electrons. The Bertz CT molecular complexity index is 684. The van der Waals surface area contributed by atoms with E-state index in [1.165, 1.54) is 0 Å². The van der Waals surface area contributed by atoms with Gasteiger partial charge in [-0.15, -0.1) is 0 Å². The molecule has 1 unspecified atom stereocenters. The van der Waals surface area contributed by atoms with Crippen LogP contribution in [0.4, 0.5) is 0 Å². The van der Waals surface area contributed by atoms with Gasteiger partial charge >= 0.3 is 5.97 Å². The molecule has 1 aromatic rings. The second-order valence-corrected chi connectivity index (χ2v) is 5.56. The molecule has 7 nitrogen and oxygen atoms in total. The number of methoxy groups -OCH3 is 2. The van der Waals surface area contributed by atoms with E-state index in [1.54, 1.807) is 27.2 Å². The van der Waals surface area contributed by atoms with Crippen molar-refractivity contribution in [3.05, 3.63) is 35.0 Å². The summed E-state index contributed by atoms with van der Waals surface area (Å²) in [6, 6.07) is 5.29. The van der Waals surface area contributed by atoms with Gasteiger partial charge < -0.3 is 24.8 Å². The van der Waals surface area contributed by atoms with Crippen LogP contribution >= 0.6 is 0 Å². The fourth-order valence-corrected chi connectivity index (χ4v) is 2.65. The van der Waals surface area contributed by atoms with Crippen molar-refractivity contribution in [3.63, 3.8) is 0 Å². The molecule has 0 fully saturated rings. The number of esters is 1. The molecule has 1 heterocycles. The highest BCUT2D eigenvalue weighted by Gasteiger charge is 2.27. The van der Waals surface area contributed by atoms with Crippen molar-refractivity contribution in [2.75, 3.05) is 27.4 Å². The van der Waals surface area contributed by atoms with Crippen LogP contribution in [0.2, 0.25) is 0 Å². The van der Waals surface area contributed by atoms with Gasteiger partial charge in [0.2, 0.25) is 0 Å². The van der Waals surface area contributed by atoms with Crippen molar-refractivity contribution in [1.82, 2.24) is 10.6 Å². The van der Waals surface area contributed by atoms with Crippen LogP contribution in [0.25, 0.3) is 0 Å². The molecule has 2 rings (SSSR count). The number of nitrogens with one attached hydrogen (secondary N) is 2. The first-order valence-corrected chi connectivity index (χ1v) is 8.18. The van der Waals surface area contributed by atoms with Crippen LogP contribution < -0.4 is 20.1 Å². The number of benzene rings is 1. The molecule has 0 bridgehead atoms. The van der Waals surface area contributed by atoms with E-state index in [1.807, 2.05) is 19.1 Å². The normalized spacial score (nSPS) is 15.3. The van der Waals surface area contributed by atoms with Crippen LogP contribution in [0.5, 0.6) is 11.5 Å². The molecule has 1 amide bonds. The van der Waals surface area contributed by atoms with E-state index in [0.29, 0.717) is 30.0 Å². The van der Waals surface area contributed by atoms with Crippen molar-refractivity contribution < 1.29 is 23.8 Å². The Morgan fingerprint density at radius 2 is 2.00 bits per heavy atom. The van der Waals surface area contributed by atoms with Crippen molar-refractivity contribution >= 4 is 11.9 Å². The minimum atomic E-state index is -0.459. The van der Waals surface area contributed by atoms with Crippen molar-refractivity contribution in [2.45, 2.75) is 26.3 Å². The zero-order valence-corrected chi connectivity index (χ0v) is 15.0. The van der Waals surface area contributed by atoms with Crippen LogP contribution in [0.1, 0.15) is 31.9 Å². The summed E-state index contributed by atoms with van der Waals surface area (Å²) < 4.78 is 15.6. The number of ether oxygens (including phenoxy) is 3. The molecule has 1 aromatic carbocycles. The molecule has 7 heteroatoms. The summed E-state index contributed by atoms with van der Waals surface area (Å²) in [4.78, 5) is 24.3. The summed E-state index contributed by atoms with van der Waals surface area (Å²) in [5.74, 6) is 0.461. The first-order chi connectivity index (χ1) is 12.0. The van der Waals surface area contributed by atoms with Gasteiger partial charge in [0.25, 0.3) is 5.91 Å². The highest BCUT2D eigenvalue weighted by Crippen LogP contribution is 2.30. The van der Waals surface area contributed by atoms with Gasteiger partial charge in [0.05, 0.1) is 26.4 Å². The Hall–Kier alpha value is -2.70. The summed E-state index contributed by atoms with van der Waals surface area (Å²) in [6.07, 6.45) is 0.436. The third-order valence-corrected chi connectivity index (χ3v) is 3.98. The van der Waals surface area contributed by atoms with Gasteiger partial charge in [-0.1, -0.05) is 6.07 Å². The second-order valence-electron chi connectivity index (χ2n) is 5.56. The zero-order chi connectivity index (χ0) is 18.4. The van der Waals surface area contributed by atoms with E-state index in [9.17, 15) is 9.59 Å². The van der Waals surface area contributed by atoms with Crippen molar-refractivity contribution in [3.8, 4) is 11.5 Å². The van der Waals surface area contributed by atoms with E-state index in [-0.39, 0.29) is 24.3 Å². The summed E-state index contributed by atoms with van der Waals surface area (Å²) >= 11 is 0. The lowest BCUT2D eigenvalue weighted by atomic mass is 10.0. The van der Waals surface area contributed by atoms with Gasteiger partial charge in [0.15, 0.2) is 11.5 Å². The molecular formula is C18H24N2O5. The van der Waals surface area contributed by atoms with Crippen LogP contribution in [-0.2, 0) is 14.3 Å². The lowest BCUT2D eigenvalue weighted by Gasteiger charge is -2.24. The van der Waals surface area contributed by atoms with Gasteiger partial charge in [0, 0.05) is 12.6 Å². The molecular weight excluding hydrogens is 324 g/mol. The Morgan fingerprint density at radius 1 is 1.28 bits per heavy atom. The average Bonchev–Trinajstić information content (AvgIpc) is 2.62. The monoisotopic (exact) mass is 348 g/mol. The molecule has 25 heavy (non-hydrogen) atoms. The lowest BCUT2D eigenvalue weighted by Crippen LogP contribution is -2.40. The third kappa shape index (κ3) is 4.23. The number of hydrogen-bond donors (Lipinski definition) is 2. The number of carbonyl (C=O) groups is 2. The molecule has 0 saturated heterocycles. The maximum absolute atomic E-state index is 12.2. The lowest BCUT2D eigenvalue weighted by molar-refractivity contribution is -0.139. The Morgan fingerprint density at radius 3 is 2.64 bits per heavy atom. The maximum Gasteiger partial charge on any atom is 0.336 e. The highest BCUT2D eigenvalue weighted by molar-refractivity contribution is 6.03. The number of amides is 1. The number of carbonyl (C=O) groups excluding carboxylic acids is 2. The number of hydrogen-bond acceptors (Lipinski definition) is 6. The van der Waals surface area contributed by atoms with Crippen molar-refractivity contribution in [2.24, 2.45) is 0 Å². The number of rotatable bonds is 7. The molecule has 0 aliphatic carbocycles. The maximum atomic E-state index is 12.2. The molecule has 136 valence electrons. The predicted molar refractivity (Wildman–Crippen MR) is 92.4 cm³/mol. The minimum Gasteiger partial charge on any atom is -0.493 e. The third-order valence-electron chi connectivity index (χ3n) is 3.98. The molecule has 1 aliphatic heterocycles. The van der Waals surface area contributed by atoms with Gasteiger partial charge in [-0.3, -0.25) is 4.79 Å². The SMILES string of the molecule is CCOC(=O)C1=C(NC(C)c2ccc(OC)c(OC)c2)C(=O)NCC1. The largest absolute Gasteiger partial charge is 0.493 e. The Kier molecular flexibility index (Phi) is 6.27. The first kappa shape index (κ1) is 18.6. The second kappa shape index (κ2) is 8.41. The molecule has 0 saturated carbocycles. The molecule has 1 aliphatic rings. The quantitative estimate of drug-likeness (QED) is 0.730. The molecule has 1 atom stereocenters. The average molecular weight is 348 g/mol. The summed E-state index contributed by atoms with van der Waals surface area (Å²) in [7, 11) is 3.14. The fourth-order valence-electron chi connectivity index (χ4n) is 2.65. The highest BCUT2D eigenvalue weighted by atomic mass is 16.5. The van der Waals surface area contributed by atoms with E-state index >= 15 is 0 Å². The van der Waals surface area contributed by atoms with Crippen molar-refractivity contribution in [1.29, 1.82) is 0 Å². The standard InChI is InChI=1S/C18H24N2O5/c1-5-25-18(22)13-8-9-19-17(21)16(13)20-11(2)12-6-7-14(23-3)15(10-12)24-4/h6-7,10-11,20H,5,8-9H2,1-4H3,(H,19,21). The van der Waals surface area contributed by atoms with Gasteiger partial charge in [-0.05, 0) is 38.0 Å². The molecule has 0 spiro atoms. The molecule has 2 N–H and O–H groups in total. The summed E-state index contributed by atoms with van der Waals surface area (Å²) in [6.45, 7) is 4.32. The van der Waals surface area contributed by atoms with Crippen LogP contribution in [0.3, 0.4) is 0 Å². The van der Waals surface area contributed by atoms with E-state index in [4.69, 9.17) is 14.2 Å². The summed E-state index contributed by atoms with van der Waals surface area (Å²) in [5, 5.41) is 5.88. The predicted octanol–water partition coefficient (Wildman–Crippen LogP) is 1.69. The Labute approximate surface area is 147 Å². The fraction of sp³-hybridized carbons (Fsp3) is 0.444. The van der Waals surface area contributed by atoms with Gasteiger partial charge in [0.1, 0.15) is 5.70 Å². The molecule has 0 aromatic heterocycles. The van der Waals surface area contributed by atoms with E-state index < -0.39 is 5.97 Å². The Balaban J connectivity index is 2.28. The van der Waals surface area contributed by atoms with Crippen LogP contribution in [0.15, 0.2) is 29.5 Å². The van der Waals surface area contributed by atoms with Crippen LogP contribution in [0, 0.1) is 0 Å². The van der Waals surface area contributed by atoms with E-state index in [0.717, 1.165) is 5.56 Å². The van der Waals surface area contributed by atoms with Crippen LogP contribution in [-0.4, -0.2) is 39.2 Å². The smallest absolute Gasteiger partial charge is 0.336 e. The summed E-state index contributed by atoms with van der Waals surface area (Å²) in [5.41, 5.74) is 1.52. The first-order valence-electron chi connectivity index (χ1n) is 8.18. The minimum absolute atomic E-state index is 0.219. The van der Waals surface area contributed by atoms with E-state index in [2.05, 4.69) is 10.6 Å². The van der Waals surface area contributed by atoms with Gasteiger partial charge in [-0.25, -0.2) is 4.79 Å². The zero-order valence-electron chi connectivity index (χ0n) is 15.0.